The van der Waals surface area contributed by atoms with Gasteiger partial charge in [-0.25, -0.2) is 13.8 Å². The van der Waals surface area contributed by atoms with E-state index in [4.69, 9.17) is 14.9 Å². The number of ether oxygens (including phenoxy) is 2. The summed E-state index contributed by atoms with van der Waals surface area (Å²) >= 11 is 1.20. The van der Waals surface area contributed by atoms with Crippen molar-refractivity contribution < 1.29 is 41.0 Å². The maximum atomic E-state index is 13.9. The highest BCUT2D eigenvalue weighted by Gasteiger charge is 2.33. The molecule has 0 spiro atoms. The van der Waals surface area contributed by atoms with Crippen molar-refractivity contribution in [2.45, 2.75) is 59.6 Å². The topological polar surface area (TPSA) is 113 Å². The van der Waals surface area contributed by atoms with Crippen LogP contribution in [0.1, 0.15) is 72.2 Å². The molecule has 0 bridgehead atoms. The summed E-state index contributed by atoms with van der Waals surface area (Å²) in [7, 11) is 3.11. The van der Waals surface area contributed by atoms with Gasteiger partial charge in [0, 0.05) is 32.7 Å². The highest BCUT2D eigenvalue weighted by atomic mass is 32.1. The van der Waals surface area contributed by atoms with Gasteiger partial charge in [-0.15, -0.1) is 11.3 Å². The summed E-state index contributed by atoms with van der Waals surface area (Å²) in [6.45, 7) is 8.89. The van der Waals surface area contributed by atoms with Crippen molar-refractivity contribution in [2.24, 2.45) is 11.8 Å². The molecule has 248 valence electrons. The van der Waals surface area contributed by atoms with Crippen LogP contribution in [0.5, 0.6) is 5.75 Å². The number of rotatable bonds is 13. The van der Waals surface area contributed by atoms with Crippen molar-refractivity contribution in [2.75, 3.05) is 32.7 Å². The molecule has 0 aliphatic carbocycles. The number of anilines is 1. The highest BCUT2D eigenvalue weighted by Crippen LogP contribution is 2.33. The number of amides is 2. The number of methoxy groups -OCH3 is 2. The number of alkyl halides is 3. The number of hydrogen-bond acceptors (Lipinski definition) is 7. The molecule has 0 saturated carbocycles. The quantitative estimate of drug-likeness (QED) is 0.128. The highest BCUT2D eigenvalue weighted by molar-refractivity contribution is 7.19. The molecule has 0 saturated heterocycles. The van der Waals surface area contributed by atoms with Crippen LogP contribution in [0.2, 0.25) is 0 Å². The van der Waals surface area contributed by atoms with Crippen molar-refractivity contribution >= 4 is 44.8 Å². The Morgan fingerprint density at radius 3 is 2.33 bits per heavy atom. The normalized spacial score (nSPS) is 12.6. The molecular weight excluding hydrogens is 619 g/mol. The lowest BCUT2D eigenvalue weighted by Crippen LogP contribution is -2.31. The molecule has 2 atom stereocenters. The number of nitrogens with one attached hydrogen (secondary N) is 3. The number of carbonyl (C=O) groups is 2. The van der Waals surface area contributed by atoms with Crippen molar-refractivity contribution in [1.29, 1.82) is 5.41 Å². The molecule has 3 rings (SSSR count). The first-order chi connectivity index (χ1) is 21.1. The smallest absolute Gasteiger partial charge is 0.428 e. The van der Waals surface area contributed by atoms with Gasteiger partial charge in [0.2, 0.25) is 0 Å². The predicted octanol–water partition coefficient (Wildman–Crippen LogP) is 7.94. The zero-order valence-corrected chi connectivity index (χ0v) is 26.9. The van der Waals surface area contributed by atoms with Crippen LogP contribution in [0, 0.1) is 35.8 Å². The van der Waals surface area contributed by atoms with E-state index in [9.17, 15) is 31.5 Å². The van der Waals surface area contributed by atoms with Gasteiger partial charge in [-0.2, -0.15) is 13.2 Å². The van der Waals surface area contributed by atoms with Crippen LogP contribution in [-0.4, -0.2) is 56.1 Å². The fourth-order valence-electron chi connectivity index (χ4n) is 4.68. The van der Waals surface area contributed by atoms with Crippen molar-refractivity contribution in [3.63, 3.8) is 0 Å². The SMILES string of the molecule is CCCC(C)CC(C)COC.COc1ccc2nc(C)sc2c1C(=O)Nc1cc(F)c(F)cc1C(=O)NCCC(=N)C(F)(F)F. The number of nitrogens with zero attached hydrogens (tertiary/aromatic N) is 1. The van der Waals surface area contributed by atoms with Gasteiger partial charge in [0.15, 0.2) is 11.6 Å². The summed E-state index contributed by atoms with van der Waals surface area (Å²) < 4.78 is 75.9. The summed E-state index contributed by atoms with van der Waals surface area (Å²) in [5.74, 6) is -2.86. The molecule has 0 radical (unpaired) electrons. The molecule has 14 heteroatoms. The summed E-state index contributed by atoms with van der Waals surface area (Å²) in [4.78, 5) is 29.9. The number of halogens is 5. The van der Waals surface area contributed by atoms with Gasteiger partial charge in [-0.05, 0) is 43.4 Å². The molecule has 3 N–H and O–H groups in total. The van der Waals surface area contributed by atoms with Crippen LogP contribution >= 0.6 is 11.3 Å². The Kier molecular flexibility index (Phi) is 14.3. The molecule has 0 aliphatic heterocycles. The van der Waals surface area contributed by atoms with E-state index in [-0.39, 0.29) is 11.3 Å². The number of aryl methyl sites for hydroxylation is 1. The zero-order valence-electron chi connectivity index (χ0n) is 26.1. The fourth-order valence-corrected chi connectivity index (χ4v) is 5.63. The Morgan fingerprint density at radius 2 is 1.73 bits per heavy atom. The third-order valence-electron chi connectivity index (χ3n) is 6.67. The van der Waals surface area contributed by atoms with E-state index >= 15 is 0 Å². The number of fused-ring (bicyclic) bond motifs is 1. The lowest BCUT2D eigenvalue weighted by Gasteiger charge is -2.15. The van der Waals surface area contributed by atoms with Gasteiger partial charge < -0.3 is 25.5 Å². The van der Waals surface area contributed by atoms with E-state index in [1.807, 2.05) is 0 Å². The number of carbonyl (C=O) groups excluding carboxylic acids is 2. The number of thiazole rings is 1. The molecule has 2 aromatic carbocycles. The average Bonchev–Trinajstić information content (AvgIpc) is 3.34. The van der Waals surface area contributed by atoms with E-state index in [0.29, 0.717) is 27.4 Å². The summed E-state index contributed by atoms with van der Waals surface area (Å²) in [5, 5.41) is 12.0. The molecular formula is C31H39F5N4O4S. The van der Waals surface area contributed by atoms with E-state index in [2.05, 4.69) is 36.4 Å². The Balaban J connectivity index is 0.000000547. The van der Waals surface area contributed by atoms with Crippen LogP contribution in [0.25, 0.3) is 10.2 Å². The molecule has 2 amide bonds. The predicted molar refractivity (Wildman–Crippen MR) is 166 cm³/mol. The molecule has 0 fully saturated rings. The molecule has 1 heterocycles. The van der Waals surface area contributed by atoms with E-state index in [1.165, 1.54) is 43.8 Å². The fraction of sp³-hybridized carbons (Fsp3) is 0.484. The van der Waals surface area contributed by atoms with Crippen LogP contribution in [0.15, 0.2) is 24.3 Å². The minimum Gasteiger partial charge on any atom is -0.496 e. The van der Waals surface area contributed by atoms with Gasteiger partial charge in [-0.1, -0.05) is 33.6 Å². The lowest BCUT2D eigenvalue weighted by molar-refractivity contribution is -0.0612. The maximum Gasteiger partial charge on any atom is 0.428 e. The monoisotopic (exact) mass is 658 g/mol. The molecule has 0 aliphatic rings. The maximum absolute atomic E-state index is 13.9. The number of aromatic nitrogens is 1. The third kappa shape index (κ3) is 11.0. The van der Waals surface area contributed by atoms with Crippen LogP contribution in [0.4, 0.5) is 27.6 Å². The largest absolute Gasteiger partial charge is 0.496 e. The van der Waals surface area contributed by atoms with E-state index in [1.54, 1.807) is 20.1 Å². The summed E-state index contributed by atoms with van der Waals surface area (Å²) in [5.41, 5.74) is -1.93. The Hall–Kier alpha value is -3.65. The first-order valence-electron chi connectivity index (χ1n) is 14.3. The van der Waals surface area contributed by atoms with Crippen LogP contribution in [-0.2, 0) is 4.74 Å². The van der Waals surface area contributed by atoms with Gasteiger partial charge >= 0.3 is 6.18 Å². The standard InChI is InChI=1S/C21H17F5N4O3S.C10H22O/c1-9-29-13-3-4-15(33-2)17(18(13)34-9)20(32)30-14-8-12(23)11(22)7-10(14)19(31)28-6-5-16(27)21(24,25)26;1-5-6-9(2)7-10(3)8-11-4/h3-4,7-8,27H,5-6H2,1-2H3,(H,28,31)(H,30,32);9-10H,5-8H2,1-4H3. The van der Waals surface area contributed by atoms with Gasteiger partial charge in [0.05, 0.1) is 33.6 Å². The lowest BCUT2D eigenvalue weighted by atomic mass is 9.94. The van der Waals surface area contributed by atoms with Crippen molar-refractivity contribution in [3.8, 4) is 5.75 Å². The average molecular weight is 659 g/mol. The Bertz CT molecular complexity index is 1470. The third-order valence-corrected chi connectivity index (χ3v) is 7.67. The first-order valence-corrected chi connectivity index (χ1v) is 15.1. The van der Waals surface area contributed by atoms with Gasteiger partial charge in [-0.3, -0.25) is 9.59 Å². The Labute approximate surface area is 263 Å². The molecule has 1 aromatic heterocycles. The van der Waals surface area contributed by atoms with Crippen LogP contribution in [0.3, 0.4) is 0 Å². The second kappa shape index (κ2) is 17.2. The minimum absolute atomic E-state index is 0.0558. The van der Waals surface area contributed by atoms with E-state index in [0.717, 1.165) is 18.4 Å². The van der Waals surface area contributed by atoms with Crippen molar-refractivity contribution in [1.82, 2.24) is 10.3 Å². The van der Waals surface area contributed by atoms with E-state index < -0.39 is 59.6 Å². The summed E-state index contributed by atoms with van der Waals surface area (Å²) in [6, 6.07) is 4.25. The molecule has 2 unspecified atom stereocenters. The number of benzene rings is 2. The minimum atomic E-state index is -4.85. The Morgan fingerprint density at radius 1 is 1.07 bits per heavy atom. The van der Waals surface area contributed by atoms with Gasteiger partial charge in [0.25, 0.3) is 11.8 Å². The van der Waals surface area contributed by atoms with Gasteiger partial charge in [0.1, 0.15) is 17.0 Å². The first kappa shape index (κ1) is 37.5. The van der Waals surface area contributed by atoms with Crippen molar-refractivity contribution in [3.05, 3.63) is 52.0 Å². The second-order valence-corrected chi connectivity index (χ2v) is 11.9. The second-order valence-electron chi connectivity index (χ2n) is 10.7. The molecule has 8 nitrogen and oxygen atoms in total. The molecule has 45 heavy (non-hydrogen) atoms. The zero-order chi connectivity index (χ0) is 33.9. The summed E-state index contributed by atoms with van der Waals surface area (Å²) in [6.07, 6.45) is -1.71. The molecule has 3 aromatic rings. The van der Waals surface area contributed by atoms with Crippen LogP contribution < -0.4 is 15.4 Å². The number of hydrogen-bond donors (Lipinski definition) is 3.